The van der Waals surface area contributed by atoms with E-state index in [1.54, 1.807) is 12.1 Å². The highest BCUT2D eigenvalue weighted by atomic mass is 79.9. The standard InChI is InChI=1S/C18H21BrN2O3/c1-5-21-12(3)9-14(13(21)4)18(23)24-10-17(22)20-16-7-6-11(2)8-15(16)19/h6-9H,5,10H2,1-4H3,(H,20,22). The minimum Gasteiger partial charge on any atom is -0.452 e. The lowest BCUT2D eigenvalue weighted by Crippen LogP contribution is -2.21. The molecule has 0 saturated heterocycles. The zero-order valence-corrected chi connectivity index (χ0v) is 15.9. The van der Waals surface area contributed by atoms with Crippen LogP contribution in [0.25, 0.3) is 0 Å². The van der Waals surface area contributed by atoms with Crippen molar-refractivity contribution in [3.05, 3.63) is 51.3 Å². The Balaban J connectivity index is 1.97. The van der Waals surface area contributed by atoms with E-state index >= 15 is 0 Å². The molecule has 0 fully saturated rings. The molecule has 6 heteroatoms. The number of esters is 1. The fourth-order valence-electron chi connectivity index (χ4n) is 2.61. The number of amides is 1. The average molecular weight is 393 g/mol. The molecule has 0 saturated carbocycles. The lowest BCUT2D eigenvalue weighted by molar-refractivity contribution is -0.119. The maximum Gasteiger partial charge on any atom is 0.340 e. The fourth-order valence-corrected chi connectivity index (χ4v) is 3.20. The lowest BCUT2D eigenvalue weighted by Gasteiger charge is -2.09. The van der Waals surface area contributed by atoms with Crippen LogP contribution in [0.4, 0.5) is 5.69 Å². The number of hydrogen-bond donors (Lipinski definition) is 1. The van der Waals surface area contributed by atoms with Crippen molar-refractivity contribution in [3.8, 4) is 0 Å². The highest BCUT2D eigenvalue weighted by molar-refractivity contribution is 9.10. The largest absolute Gasteiger partial charge is 0.452 e. The van der Waals surface area contributed by atoms with Crippen molar-refractivity contribution in [2.24, 2.45) is 0 Å². The Morgan fingerprint density at radius 2 is 1.92 bits per heavy atom. The second-order valence-electron chi connectivity index (χ2n) is 5.64. The van der Waals surface area contributed by atoms with Gasteiger partial charge in [-0.25, -0.2) is 4.79 Å². The third-order valence-electron chi connectivity index (χ3n) is 3.84. The van der Waals surface area contributed by atoms with Crippen LogP contribution in [0.3, 0.4) is 0 Å². The van der Waals surface area contributed by atoms with Gasteiger partial charge in [-0.1, -0.05) is 6.07 Å². The number of hydrogen-bond acceptors (Lipinski definition) is 3. The van der Waals surface area contributed by atoms with Gasteiger partial charge in [0.25, 0.3) is 5.91 Å². The van der Waals surface area contributed by atoms with E-state index < -0.39 is 5.97 Å². The summed E-state index contributed by atoms with van der Waals surface area (Å²) in [4.78, 5) is 24.2. The van der Waals surface area contributed by atoms with Gasteiger partial charge >= 0.3 is 5.97 Å². The molecule has 1 aromatic heterocycles. The van der Waals surface area contributed by atoms with Crippen LogP contribution in [-0.2, 0) is 16.1 Å². The SMILES string of the molecule is CCn1c(C)cc(C(=O)OCC(=O)Nc2ccc(C)cc2Br)c1C. The van der Waals surface area contributed by atoms with E-state index in [0.717, 1.165) is 28.0 Å². The molecule has 0 aliphatic rings. The number of aryl methyl sites for hydroxylation is 2. The van der Waals surface area contributed by atoms with Gasteiger partial charge in [0.05, 0.1) is 11.3 Å². The van der Waals surface area contributed by atoms with E-state index in [4.69, 9.17) is 4.74 Å². The maximum absolute atomic E-state index is 12.2. The summed E-state index contributed by atoms with van der Waals surface area (Å²) in [5.41, 5.74) is 4.07. The van der Waals surface area contributed by atoms with Crippen LogP contribution < -0.4 is 5.32 Å². The topological polar surface area (TPSA) is 60.3 Å². The Morgan fingerprint density at radius 1 is 1.21 bits per heavy atom. The fraction of sp³-hybridized carbons (Fsp3) is 0.333. The van der Waals surface area contributed by atoms with Crippen LogP contribution in [0.1, 0.15) is 34.2 Å². The van der Waals surface area contributed by atoms with Gasteiger partial charge in [0.2, 0.25) is 0 Å². The van der Waals surface area contributed by atoms with Gasteiger partial charge in [-0.2, -0.15) is 0 Å². The quantitative estimate of drug-likeness (QED) is 0.782. The first-order valence-electron chi connectivity index (χ1n) is 7.73. The summed E-state index contributed by atoms with van der Waals surface area (Å²) in [6, 6.07) is 7.39. The van der Waals surface area contributed by atoms with Crippen molar-refractivity contribution in [1.29, 1.82) is 0 Å². The Kier molecular flexibility index (Phi) is 5.83. The molecule has 1 N–H and O–H groups in total. The number of carbonyl (C=O) groups excluding carboxylic acids is 2. The minimum absolute atomic E-state index is 0.324. The summed E-state index contributed by atoms with van der Waals surface area (Å²) < 4.78 is 7.95. The summed E-state index contributed by atoms with van der Waals surface area (Å²) in [5.74, 6) is -0.863. The van der Waals surface area contributed by atoms with Gasteiger partial charge < -0.3 is 14.6 Å². The molecular formula is C18H21BrN2O3. The number of benzene rings is 1. The van der Waals surface area contributed by atoms with Crippen molar-refractivity contribution in [2.75, 3.05) is 11.9 Å². The first-order valence-corrected chi connectivity index (χ1v) is 8.52. The van der Waals surface area contributed by atoms with Gasteiger partial charge in [-0.15, -0.1) is 0 Å². The number of nitrogens with one attached hydrogen (secondary N) is 1. The summed E-state index contributed by atoms with van der Waals surface area (Å²) in [6.45, 7) is 8.25. The molecule has 0 unspecified atom stereocenters. The summed E-state index contributed by atoms with van der Waals surface area (Å²) in [5, 5.41) is 2.72. The van der Waals surface area contributed by atoms with E-state index in [-0.39, 0.29) is 12.5 Å². The Bertz CT molecular complexity index is 781. The van der Waals surface area contributed by atoms with Crippen LogP contribution in [0.2, 0.25) is 0 Å². The van der Waals surface area contributed by atoms with E-state index in [1.165, 1.54) is 0 Å². The molecule has 0 spiro atoms. The molecule has 0 aliphatic heterocycles. The van der Waals surface area contributed by atoms with Gasteiger partial charge in [0.1, 0.15) is 0 Å². The number of rotatable bonds is 5. The Morgan fingerprint density at radius 3 is 2.50 bits per heavy atom. The van der Waals surface area contributed by atoms with E-state index in [1.807, 2.05) is 44.4 Å². The van der Waals surface area contributed by atoms with Crippen molar-refractivity contribution in [2.45, 2.75) is 34.2 Å². The van der Waals surface area contributed by atoms with Gasteiger partial charge in [0.15, 0.2) is 6.61 Å². The average Bonchev–Trinajstić information content (AvgIpc) is 2.82. The second-order valence-corrected chi connectivity index (χ2v) is 6.49. The van der Waals surface area contributed by atoms with E-state index in [2.05, 4.69) is 21.2 Å². The lowest BCUT2D eigenvalue weighted by atomic mass is 10.2. The smallest absolute Gasteiger partial charge is 0.340 e. The molecule has 0 bridgehead atoms. The first kappa shape index (κ1) is 18.3. The van der Waals surface area contributed by atoms with Crippen LogP contribution >= 0.6 is 15.9 Å². The Labute approximate surface area is 150 Å². The van der Waals surface area contributed by atoms with Crippen molar-refractivity contribution < 1.29 is 14.3 Å². The molecule has 5 nitrogen and oxygen atoms in total. The molecule has 1 heterocycles. The number of aromatic nitrogens is 1. The van der Waals surface area contributed by atoms with Gasteiger partial charge in [0, 0.05) is 22.4 Å². The third-order valence-corrected chi connectivity index (χ3v) is 4.50. The number of halogens is 1. The van der Waals surface area contributed by atoms with Gasteiger partial charge in [-0.05, 0) is 67.4 Å². The first-order chi connectivity index (χ1) is 11.3. The van der Waals surface area contributed by atoms with Gasteiger partial charge in [-0.3, -0.25) is 4.79 Å². The number of nitrogens with zero attached hydrogens (tertiary/aromatic N) is 1. The molecular weight excluding hydrogens is 372 g/mol. The predicted octanol–water partition coefficient (Wildman–Crippen LogP) is 3.99. The summed E-state index contributed by atoms with van der Waals surface area (Å²) in [6.07, 6.45) is 0. The monoisotopic (exact) mass is 392 g/mol. The van der Waals surface area contributed by atoms with Crippen molar-refractivity contribution in [3.63, 3.8) is 0 Å². The van der Waals surface area contributed by atoms with E-state index in [9.17, 15) is 9.59 Å². The van der Waals surface area contributed by atoms with Crippen LogP contribution in [0, 0.1) is 20.8 Å². The summed E-state index contributed by atoms with van der Waals surface area (Å²) in [7, 11) is 0. The highest BCUT2D eigenvalue weighted by Crippen LogP contribution is 2.23. The molecule has 24 heavy (non-hydrogen) atoms. The molecule has 2 aromatic rings. The Hall–Kier alpha value is -2.08. The maximum atomic E-state index is 12.2. The van der Waals surface area contributed by atoms with E-state index in [0.29, 0.717) is 11.3 Å². The molecule has 0 radical (unpaired) electrons. The number of anilines is 1. The summed E-state index contributed by atoms with van der Waals surface area (Å²) >= 11 is 3.40. The van der Waals surface area contributed by atoms with Crippen molar-refractivity contribution in [1.82, 2.24) is 4.57 Å². The number of ether oxygens (including phenoxy) is 1. The number of carbonyl (C=O) groups is 2. The van der Waals surface area contributed by atoms with Crippen LogP contribution in [0.15, 0.2) is 28.7 Å². The molecule has 128 valence electrons. The third kappa shape index (κ3) is 4.06. The highest BCUT2D eigenvalue weighted by Gasteiger charge is 2.17. The molecule has 1 amide bonds. The molecule has 0 atom stereocenters. The molecule has 2 rings (SSSR count). The second kappa shape index (κ2) is 7.66. The molecule has 0 aliphatic carbocycles. The van der Waals surface area contributed by atoms with Crippen molar-refractivity contribution >= 4 is 33.5 Å². The zero-order chi connectivity index (χ0) is 17.9. The van der Waals surface area contributed by atoms with Crippen LogP contribution in [-0.4, -0.2) is 23.1 Å². The normalized spacial score (nSPS) is 10.5. The zero-order valence-electron chi connectivity index (χ0n) is 14.3. The minimum atomic E-state index is -0.485. The molecule has 1 aromatic carbocycles. The van der Waals surface area contributed by atoms with Crippen LogP contribution in [0.5, 0.6) is 0 Å². The predicted molar refractivity (Wildman–Crippen MR) is 97.4 cm³/mol.